The third kappa shape index (κ3) is 3.83. The van der Waals surface area contributed by atoms with Gasteiger partial charge in [-0.1, -0.05) is 25.2 Å². The van der Waals surface area contributed by atoms with E-state index in [1.54, 1.807) is 0 Å². The highest BCUT2D eigenvalue weighted by molar-refractivity contribution is 5.08. The fourth-order valence-corrected chi connectivity index (χ4v) is 0.723. The van der Waals surface area contributed by atoms with Crippen molar-refractivity contribution in [1.82, 2.24) is 0 Å². The number of hydrogen-bond donors (Lipinski definition) is 1. The summed E-state index contributed by atoms with van der Waals surface area (Å²) in [5, 5.41) is 0. The Hall–Kier alpha value is -0.720. The largest absolute Gasteiger partial charge is 0.402 e. The lowest BCUT2D eigenvalue weighted by Crippen LogP contribution is -1.95. The molecule has 2 N–H and O–H groups in total. The van der Waals surface area contributed by atoms with Crippen molar-refractivity contribution in [2.24, 2.45) is 5.73 Å². The Bertz CT molecular complexity index is 123. The molecule has 0 aromatic carbocycles. The molecule has 0 aromatic heterocycles. The van der Waals surface area contributed by atoms with Crippen molar-refractivity contribution in [3.05, 3.63) is 23.9 Å². The van der Waals surface area contributed by atoms with Crippen molar-refractivity contribution in [1.29, 1.82) is 0 Å². The minimum atomic E-state index is 0.755. The fourth-order valence-electron chi connectivity index (χ4n) is 0.723. The van der Waals surface area contributed by atoms with Crippen LogP contribution < -0.4 is 5.73 Å². The van der Waals surface area contributed by atoms with Gasteiger partial charge in [0.15, 0.2) is 0 Å². The third-order valence-corrected chi connectivity index (χ3v) is 1.32. The summed E-state index contributed by atoms with van der Waals surface area (Å²) in [7, 11) is 0. The van der Waals surface area contributed by atoms with Crippen LogP contribution in [-0.4, -0.2) is 0 Å². The molecule has 1 nitrogen and oxygen atoms in total. The minimum absolute atomic E-state index is 0.755. The predicted molar refractivity (Wildman–Crippen MR) is 42.0 cm³/mol. The van der Waals surface area contributed by atoms with Crippen molar-refractivity contribution in [2.75, 3.05) is 0 Å². The maximum absolute atomic E-state index is 5.41. The van der Waals surface area contributed by atoms with Gasteiger partial charge in [0.25, 0.3) is 0 Å². The summed E-state index contributed by atoms with van der Waals surface area (Å²) < 4.78 is 0. The van der Waals surface area contributed by atoms with Crippen LogP contribution in [0, 0.1) is 0 Å². The number of allylic oxidation sites excluding steroid dienone is 2. The second kappa shape index (κ2) is 4.19. The molecule has 1 heteroatoms. The third-order valence-electron chi connectivity index (χ3n) is 1.32. The first-order valence-electron chi connectivity index (χ1n) is 3.28. The Morgan fingerprint density at radius 2 is 2.22 bits per heavy atom. The Morgan fingerprint density at radius 1 is 1.67 bits per heavy atom. The van der Waals surface area contributed by atoms with Gasteiger partial charge in [-0.05, 0) is 13.3 Å². The van der Waals surface area contributed by atoms with Gasteiger partial charge in [-0.2, -0.15) is 0 Å². The Morgan fingerprint density at radius 3 is 2.33 bits per heavy atom. The van der Waals surface area contributed by atoms with Crippen LogP contribution in [0.25, 0.3) is 0 Å². The summed E-state index contributed by atoms with van der Waals surface area (Å²) in [6.07, 6.45) is 4.03. The molecule has 0 aliphatic rings. The zero-order valence-corrected chi connectivity index (χ0v) is 6.28. The monoisotopic (exact) mass is 125 g/mol. The lowest BCUT2D eigenvalue weighted by molar-refractivity contribution is 0.976. The van der Waals surface area contributed by atoms with Gasteiger partial charge in [0.1, 0.15) is 0 Å². The summed E-state index contributed by atoms with van der Waals surface area (Å²) in [5.74, 6) is 0. The van der Waals surface area contributed by atoms with Crippen molar-refractivity contribution in [3.63, 3.8) is 0 Å². The van der Waals surface area contributed by atoms with Crippen molar-refractivity contribution >= 4 is 0 Å². The second-order valence-electron chi connectivity index (χ2n) is 2.14. The van der Waals surface area contributed by atoms with Gasteiger partial charge < -0.3 is 5.73 Å². The zero-order valence-electron chi connectivity index (χ0n) is 6.28. The van der Waals surface area contributed by atoms with Gasteiger partial charge in [0, 0.05) is 12.1 Å². The summed E-state index contributed by atoms with van der Waals surface area (Å²) in [4.78, 5) is 0. The predicted octanol–water partition coefficient (Wildman–Crippen LogP) is 2.21. The number of rotatable bonds is 3. The highest BCUT2D eigenvalue weighted by atomic mass is 14.6. The van der Waals surface area contributed by atoms with E-state index in [9.17, 15) is 0 Å². The molecule has 0 aliphatic carbocycles. The van der Waals surface area contributed by atoms with Crippen LogP contribution in [-0.2, 0) is 0 Å². The van der Waals surface area contributed by atoms with Crippen LogP contribution in [0.3, 0.4) is 0 Å². The molecule has 0 bridgehead atoms. The molecule has 0 atom stereocenters. The van der Waals surface area contributed by atoms with Crippen molar-refractivity contribution in [2.45, 2.75) is 26.7 Å². The lowest BCUT2D eigenvalue weighted by Gasteiger charge is -2.00. The van der Waals surface area contributed by atoms with E-state index < -0.39 is 0 Å². The van der Waals surface area contributed by atoms with Crippen LogP contribution >= 0.6 is 0 Å². The maximum atomic E-state index is 5.41. The Labute approximate surface area is 57.3 Å². The second-order valence-corrected chi connectivity index (χ2v) is 2.14. The molecular formula is C8H15N. The molecule has 0 radical (unpaired) electrons. The number of nitrogens with two attached hydrogens (primary N) is 1. The molecule has 9 heavy (non-hydrogen) atoms. The first-order chi connectivity index (χ1) is 4.20. The fraction of sp³-hybridized carbons (Fsp3) is 0.500. The highest BCUT2D eigenvalue weighted by Crippen LogP contribution is 2.08. The molecule has 0 rings (SSSR count). The SMILES string of the molecule is C=C(N)C/C(=C/C)CC. The average Bonchev–Trinajstić information content (AvgIpc) is 1.82. The van der Waals surface area contributed by atoms with E-state index in [0.29, 0.717) is 0 Å². The molecule has 0 saturated carbocycles. The lowest BCUT2D eigenvalue weighted by atomic mass is 10.1. The normalized spacial score (nSPS) is 11.6. The van der Waals surface area contributed by atoms with Crippen LogP contribution in [0.4, 0.5) is 0 Å². The Kier molecular flexibility index (Phi) is 3.85. The first-order valence-corrected chi connectivity index (χ1v) is 3.28. The van der Waals surface area contributed by atoms with E-state index >= 15 is 0 Å². The summed E-state index contributed by atoms with van der Waals surface area (Å²) in [5.41, 5.74) is 7.53. The molecule has 0 saturated heterocycles. The molecule has 0 heterocycles. The van der Waals surface area contributed by atoms with Crippen LogP contribution in [0.2, 0.25) is 0 Å². The van der Waals surface area contributed by atoms with E-state index in [4.69, 9.17) is 5.73 Å². The van der Waals surface area contributed by atoms with Gasteiger partial charge in [0.05, 0.1) is 0 Å². The molecule has 0 spiro atoms. The smallest absolute Gasteiger partial charge is 0.00733 e. The minimum Gasteiger partial charge on any atom is -0.402 e. The molecular weight excluding hydrogens is 110 g/mol. The van der Waals surface area contributed by atoms with Gasteiger partial charge in [-0.15, -0.1) is 0 Å². The summed E-state index contributed by atoms with van der Waals surface area (Å²) in [6, 6.07) is 0. The topological polar surface area (TPSA) is 26.0 Å². The van der Waals surface area contributed by atoms with Crippen molar-refractivity contribution < 1.29 is 0 Å². The van der Waals surface area contributed by atoms with E-state index in [-0.39, 0.29) is 0 Å². The van der Waals surface area contributed by atoms with E-state index in [1.807, 2.05) is 6.92 Å². The van der Waals surface area contributed by atoms with Gasteiger partial charge in [0.2, 0.25) is 0 Å². The van der Waals surface area contributed by atoms with Gasteiger partial charge >= 0.3 is 0 Å². The number of hydrogen-bond acceptors (Lipinski definition) is 1. The average molecular weight is 125 g/mol. The van der Waals surface area contributed by atoms with E-state index in [2.05, 4.69) is 19.6 Å². The quantitative estimate of drug-likeness (QED) is 0.575. The van der Waals surface area contributed by atoms with Crippen LogP contribution in [0.15, 0.2) is 23.9 Å². The molecule has 0 aromatic rings. The highest BCUT2D eigenvalue weighted by Gasteiger charge is 1.91. The first kappa shape index (κ1) is 8.28. The van der Waals surface area contributed by atoms with Crippen molar-refractivity contribution in [3.8, 4) is 0 Å². The van der Waals surface area contributed by atoms with E-state index in [0.717, 1.165) is 18.5 Å². The van der Waals surface area contributed by atoms with Gasteiger partial charge in [-0.3, -0.25) is 0 Å². The van der Waals surface area contributed by atoms with E-state index in [1.165, 1.54) is 5.57 Å². The molecule has 0 fully saturated rings. The maximum Gasteiger partial charge on any atom is 0.00733 e. The van der Waals surface area contributed by atoms with Crippen LogP contribution in [0.1, 0.15) is 26.7 Å². The van der Waals surface area contributed by atoms with Gasteiger partial charge in [-0.25, -0.2) is 0 Å². The summed E-state index contributed by atoms with van der Waals surface area (Å²) >= 11 is 0. The standard InChI is InChI=1S/C8H15N/c1-4-8(5-2)6-7(3)9/h4H,3,5-6,9H2,1-2H3/b8-4+. The molecule has 0 aliphatic heterocycles. The zero-order chi connectivity index (χ0) is 7.28. The molecule has 0 unspecified atom stereocenters. The summed E-state index contributed by atoms with van der Waals surface area (Å²) in [6.45, 7) is 7.78. The molecule has 0 amide bonds. The Balaban J connectivity index is 3.71. The molecule has 52 valence electrons. The van der Waals surface area contributed by atoms with Crippen LogP contribution in [0.5, 0.6) is 0 Å².